The van der Waals surface area contributed by atoms with Crippen LogP contribution in [0.3, 0.4) is 0 Å². The predicted molar refractivity (Wildman–Crippen MR) is 108 cm³/mol. The van der Waals surface area contributed by atoms with Gasteiger partial charge in [0.05, 0.1) is 29.2 Å². The fraction of sp³-hybridized carbons (Fsp3) is 0.286. The van der Waals surface area contributed by atoms with Crippen LogP contribution in [0.1, 0.15) is 24.7 Å². The standard InChI is InChI=1S/C21H20Cl2N2O3/c1-2-15-13-26-21(28-15,12-20-24-9-10-25-20)14-3-5-16(6-4-14)27-17-7-8-18(22)19(23)11-17/h3-11,15H,2,12-13H2,1H3,(H,24,25). The van der Waals surface area contributed by atoms with Gasteiger partial charge in [-0.15, -0.1) is 0 Å². The molecule has 0 aliphatic carbocycles. The molecule has 4 rings (SSSR count). The zero-order chi connectivity index (χ0) is 19.6. The van der Waals surface area contributed by atoms with Crippen LogP contribution < -0.4 is 4.74 Å². The maximum absolute atomic E-state index is 6.29. The van der Waals surface area contributed by atoms with E-state index in [0.717, 1.165) is 17.8 Å². The van der Waals surface area contributed by atoms with Crippen LogP contribution >= 0.6 is 23.2 Å². The zero-order valence-corrected chi connectivity index (χ0v) is 16.8. The molecule has 2 heterocycles. The minimum Gasteiger partial charge on any atom is -0.457 e. The second-order valence-electron chi connectivity index (χ2n) is 6.63. The van der Waals surface area contributed by atoms with Crippen molar-refractivity contribution in [3.8, 4) is 11.5 Å². The molecule has 1 fully saturated rings. The normalized spacial score (nSPS) is 21.8. The third-order valence-electron chi connectivity index (χ3n) is 4.69. The van der Waals surface area contributed by atoms with Crippen molar-refractivity contribution in [1.29, 1.82) is 0 Å². The summed E-state index contributed by atoms with van der Waals surface area (Å²) in [7, 11) is 0. The first kappa shape index (κ1) is 19.3. The predicted octanol–water partition coefficient (Wildman–Crippen LogP) is 5.73. The number of halogens is 2. The van der Waals surface area contributed by atoms with Crippen molar-refractivity contribution in [3.05, 3.63) is 76.3 Å². The molecule has 1 aromatic heterocycles. The molecular weight excluding hydrogens is 399 g/mol. The van der Waals surface area contributed by atoms with Gasteiger partial charge in [-0.3, -0.25) is 0 Å². The van der Waals surface area contributed by atoms with Gasteiger partial charge in [-0.05, 0) is 42.8 Å². The molecule has 1 saturated heterocycles. The lowest BCUT2D eigenvalue weighted by Crippen LogP contribution is -2.31. The van der Waals surface area contributed by atoms with Gasteiger partial charge in [0, 0.05) is 24.0 Å². The molecule has 28 heavy (non-hydrogen) atoms. The van der Waals surface area contributed by atoms with Gasteiger partial charge >= 0.3 is 0 Å². The van der Waals surface area contributed by atoms with E-state index in [4.69, 9.17) is 37.4 Å². The summed E-state index contributed by atoms with van der Waals surface area (Å²) in [6, 6.07) is 12.8. The molecule has 1 aliphatic rings. The largest absolute Gasteiger partial charge is 0.457 e. The lowest BCUT2D eigenvalue weighted by molar-refractivity contribution is -0.177. The van der Waals surface area contributed by atoms with Gasteiger partial charge in [0.15, 0.2) is 0 Å². The van der Waals surface area contributed by atoms with Crippen LogP contribution in [0.2, 0.25) is 10.0 Å². The Morgan fingerprint density at radius 1 is 1.14 bits per heavy atom. The highest BCUT2D eigenvalue weighted by molar-refractivity contribution is 6.42. The summed E-state index contributed by atoms with van der Waals surface area (Å²) in [4.78, 5) is 7.45. The number of imidazole rings is 1. The van der Waals surface area contributed by atoms with E-state index in [0.29, 0.717) is 34.6 Å². The fourth-order valence-electron chi connectivity index (χ4n) is 3.18. The SMILES string of the molecule is CCC1COC(Cc2ncc[nH]2)(c2ccc(Oc3ccc(Cl)c(Cl)c3)cc2)O1. The van der Waals surface area contributed by atoms with Crippen molar-refractivity contribution in [3.63, 3.8) is 0 Å². The summed E-state index contributed by atoms with van der Waals surface area (Å²) >= 11 is 12.0. The molecule has 2 unspecified atom stereocenters. The van der Waals surface area contributed by atoms with Crippen LogP contribution in [0.15, 0.2) is 54.9 Å². The van der Waals surface area contributed by atoms with Crippen LogP contribution in [-0.4, -0.2) is 22.7 Å². The van der Waals surface area contributed by atoms with E-state index in [-0.39, 0.29) is 6.10 Å². The first-order chi connectivity index (χ1) is 13.6. The highest BCUT2D eigenvalue weighted by atomic mass is 35.5. The van der Waals surface area contributed by atoms with Crippen LogP contribution in [0, 0.1) is 0 Å². The molecule has 0 amide bonds. The Morgan fingerprint density at radius 2 is 1.93 bits per heavy atom. The Hall–Kier alpha value is -2.05. The van der Waals surface area contributed by atoms with Crippen molar-refractivity contribution in [2.45, 2.75) is 31.7 Å². The van der Waals surface area contributed by atoms with E-state index in [1.807, 2.05) is 24.3 Å². The third kappa shape index (κ3) is 4.03. The molecule has 2 aromatic carbocycles. The Morgan fingerprint density at radius 3 is 2.57 bits per heavy atom. The second kappa shape index (κ2) is 8.13. The number of H-pyrrole nitrogens is 1. The van der Waals surface area contributed by atoms with E-state index in [9.17, 15) is 0 Å². The van der Waals surface area contributed by atoms with Gasteiger partial charge < -0.3 is 19.2 Å². The number of nitrogens with zero attached hydrogens (tertiary/aromatic N) is 1. The average molecular weight is 419 g/mol. The molecule has 2 atom stereocenters. The topological polar surface area (TPSA) is 56.4 Å². The van der Waals surface area contributed by atoms with Crippen molar-refractivity contribution in [2.24, 2.45) is 0 Å². The van der Waals surface area contributed by atoms with E-state index in [2.05, 4.69) is 16.9 Å². The Kier molecular flexibility index (Phi) is 5.60. The number of hydrogen-bond acceptors (Lipinski definition) is 4. The highest BCUT2D eigenvalue weighted by Gasteiger charge is 2.43. The van der Waals surface area contributed by atoms with Crippen LogP contribution in [0.4, 0.5) is 0 Å². The number of nitrogens with one attached hydrogen (secondary N) is 1. The van der Waals surface area contributed by atoms with E-state index < -0.39 is 5.79 Å². The number of rotatable bonds is 6. The first-order valence-electron chi connectivity index (χ1n) is 9.11. The molecule has 0 radical (unpaired) electrons. The number of benzene rings is 2. The first-order valence-corrected chi connectivity index (χ1v) is 9.87. The van der Waals surface area contributed by atoms with E-state index >= 15 is 0 Å². The van der Waals surface area contributed by atoms with E-state index in [1.54, 1.807) is 30.6 Å². The summed E-state index contributed by atoms with van der Waals surface area (Å²) in [5.74, 6) is 1.25. The number of hydrogen-bond donors (Lipinski definition) is 1. The van der Waals surface area contributed by atoms with Gasteiger partial charge in [-0.1, -0.05) is 30.1 Å². The maximum Gasteiger partial charge on any atom is 0.202 e. The average Bonchev–Trinajstić information content (AvgIpc) is 3.36. The summed E-state index contributed by atoms with van der Waals surface area (Å²) in [5, 5.41) is 0.941. The lowest BCUT2D eigenvalue weighted by atomic mass is 10.0. The number of ether oxygens (including phenoxy) is 3. The summed E-state index contributed by atoms with van der Waals surface area (Å²) < 4.78 is 18.3. The molecular formula is C21H20Cl2N2O3. The van der Waals surface area contributed by atoms with E-state index in [1.165, 1.54) is 0 Å². The van der Waals surface area contributed by atoms with Crippen LogP contribution in [-0.2, 0) is 21.7 Å². The van der Waals surface area contributed by atoms with Gasteiger partial charge in [-0.25, -0.2) is 4.98 Å². The molecule has 7 heteroatoms. The number of aromatic nitrogens is 2. The molecule has 3 aromatic rings. The maximum atomic E-state index is 6.29. The lowest BCUT2D eigenvalue weighted by Gasteiger charge is -2.28. The number of aromatic amines is 1. The van der Waals surface area contributed by atoms with Crippen LogP contribution in [0.25, 0.3) is 0 Å². The second-order valence-corrected chi connectivity index (χ2v) is 7.44. The monoisotopic (exact) mass is 418 g/mol. The Bertz CT molecular complexity index is 931. The van der Waals surface area contributed by atoms with Gasteiger partial charge in [0.2, 0.25) is 5.79 Å². The molecule has 0 saturated carbocycles. The molecule has 0 spiro atoms. The summed E-state index contributed by atoms with van der Waals surface area (Å²) in [6.45, 7) is 2.64. The summed E-state index contributed by atoms with van der Waals surface area (Å²) in [6.07, 6.45) is 4.97. The zero-order valence-electron chi connectivity index (χ0n) is 15.3. The summed E-state index contributed by atoms with van der Waals surface area (Å²) in [5.41, 5.74) is 0.918. The van der Waals surface area contributed by atoms with Crippen molar-refractivity contribution < 1.29 is 14.2 Å². The highest BCUT2D eigenvalue weighted by Crippen LogP contribution is 2.39. The van der Waals surface area contributed by atoms with Gasteiger partial charge in [-0.2, -0.15) is 0 Å². The Labute approximate surface area is 173 Å². The quantitative estimate of drug-likeness (QED) is 0.555. The van der Waals surface area contributed by atoms with Gasteiger partial charge in [0.1, 0.15) is 17.3 Å². The minimum atomic E-state index is -0.860. The smallest absolute Gasteiger partial charge is 0.202 e. The molecule has 146 valence electrons. The molecule has 1 aliphatic heterocycles. The Balaban J connectivity index is 1.56. The van der Waals surface area contributed by atoms with Crippen molar-refractivity contribution in [1.82, 2.24) is 9.97 Å². The third-order valence-corrected chi connectivity index (χ3v) is 5.43. The van der Waals surface area contributed by atoms with Gasteiger partial charge in [0.25, 0.3) is 0 Å². The van der Waals surface area contributed by atoms with Crippen LogP contribution in [0.5, 0.6) is 11.5 Å². The molecule has 0 bridgehead atoms. The minimum absolute atomic E-state index is 0.0575. The molecule has 5 nitrogen and oxygen atoms in total. The molecule has 1 N–H and O–H groups in total. The van der Waals surface area contributed by atoms with Crippen molar-refractivity contribution >= 4 is 23.2 Å². The fourth-order valence-corrected chi connectivity index (χ4v) is 3.47. The van der Waals surface area contributed by atoms with Crippen molar-refractivity contribution in [2.75, 3.05) is 6.61 Å².